The number of carbonyl (C=O) groups excluding carboxylic acids is 1. The van der Waals surface area contributed by atoms with Gasteiger partial charge in [0.25, 0.3) is 5.91 Å². The SMILES string of the molecule is COc1cc(OC)cc(C(=O)N2CCN(Cc3nc(C4CC4)cs3)CC2)c1. The fourth-order valence-electron chi connectivity index (χ4n) is 3.38. The van der Waals surface area contributed by atoms with Crippen LogP contribution in [-0.4, -0.2) is 61.1 Å². The zero-order valence-corrected chi connectivity index (χ0v) is 16.6. The smallest absolute Gasteiger partial charge is 0.254 e. The molecule has 1 aromatic heterocycles. The second-order valence-electron chi connectivity index (χ2n) is 7.11. The average molecular weight is 388 g/mol. The highest BCUT2D eigenvalue weighted by molar-refractivity contribution is 7.09. The van der Waals surface area contributed by atoms with Crippen LogP contribution in [0.15, 0.2) is 23.6 Å². The maximum absolute atomic E-state index is 12.9. The minimum absolute atomic E-state index is 0.0251. The Bertz CT molecular complexity index is 788. The Morgan fingerprint density at radius 3 is 2.37 bits per heavy atom. The molecule has 1 aliphatic carbocycles. The maximum atomic E-state index is 12.9. The standard InChI is InChI=1S/C20H25N3O3S/c1-25-16-9-15(10-17(11-16)26-2)20(24)23-7-5-22(6-8-23)12-19-21-18(13-27-19)14-3-4-14/h9-11,13-14H,3-8,12H2,1-2H3. The van der Waals surface area contributed by atoms with Crippen molar-refractivity contribution in [3.8, 4) is 11.5 Å². The van der Waals surface area contributed by atoms with Gasteiger partial charge in [0.05, 0.1) is 26.5 Å². The molecule has 2 heterocycles. The molecule has 4 rings (SSSR count). The molecular weight excluding hydrogens is 362 g/mol. The number of methoxy groups -OCH3 is 2. The molecule has 144 valence electrons. The summed E-state index contributed by atoms with van der Waals surface area (Å²) in [4.78, 5) is 21.9. The zero-order chi connectivity index (χ0) is 18.8. The van der Waals surface area contributed by atoms with Crippen molar-refractivity contribution in [2.75, 3.05) is 40.4 Å². The quantitative estimate of drug-likeness (QED) is 0.763. The second-order valence-corrected chi connectivity index (χ2v) is 8.05. The summed E-state index contributed by atoms with van der Waals surface area (Å²) in [7, 11) is 3.18. The number of amides is 1. The fourth-order valence-corrected chi connectivity index (χ4v) is 4.30. The first-order valence-electron chi connectivity index (χ1n) is 9.35. The van der Waals surface area contributed by atoms with Crippen LogP contribution in [0.3, 0.4) is 0 Å². The lowest BCUT2D eigenvalue weighted by molar-refractivity contribution is 0.0627. The number of carbonyl (C=O) groups is 1. The van der Waals surface area contributed by atoms with Gasteiger partial charge in [-0.05, 0) is 25.0 Å². The molecule has 0 spiro atoms. The summed E-state index contributed by atoms with van der Waals surface area (Å²) in [5.41, 5.74) is 1.88. The summed E-state index contributed by atoms with van der Waals surface area (Å²) < 4.78 is 10.6. The Balaban J connectivity index is 1.34. The molecule has 0 N–H and O–H groups in total. The summed E-state index contributed by atoms with van der Waals surface area (Å²) in [6, 6.07) is 5.32. The van der Waals surface area contributed by atoms with Crippen LogP contribution in [0.5, 0.6) is 11.5 Å². The van der Waals surface area contributed by atoms with E-state index in [4.69, 9.17) is 14.5 Å². The molecule has 0 unspecified atom stereocenters. The summed E-state index contributed by atoms with van der Waals surface area (Å²) in [5, 5.41) is 3.40. The van der Waals surface area contributed by atoms with Gasteiger partial charge in [-0.1, -0.05) is 0 Å². The molecule has 0 bridgehead atoms. The number of nitrogens with zero attached hydrogens (tertiary/aromatic N) is 3. The Morgan fingerprint density at radius 2 is 1.78 bits per heavy atom. The Labute approximate surface area is 163 Å². The molecule has 2 aromatic rings. The van der Waals surface area contributed by atoms with Crippen LogP contribution in [0.1, 0.15) is 39.8 Å². The first-order valence-corrected chi connectivity index (χ1v) is 10.2. The van der Waals surface area contributed by atoms with Gasteiger partial charge in [-0.25, -0.2) is 4.98 Å². The van der Waals surface area contributed by atoms with Crippen molar-refractivity contribution in [2.24, 2.45) is 0 Å². The zero-order valence-electron chi connectivity index (χ0n) is 15.8. The van der Waals surface area contributed by atoms with Crippen molar-refractivity contribution < 1.29 is 14.3 Å². The van der Waals surface area contributed by atoms with Gasteiger partial charge >= 0.3 is 0 Å². The fraction of sp³-hybridized carbons (Fsp3) is 0.500. The topological polar surface area (TPSA) is 54.9 Å². The van der Waals surface area contributed by atoms with E-state index in [2.05, 4.69) is 10.3 Å². The molecule has 6 nitrogen and oxygen atoms in total. The van der Waals surface area contributed by atoms with Crippen LogP contribution < -0.4 is 9.47 Å². The molecular formula is C20H25N3O3S. The third kappa shape index (κ3) is 4.25. The molecule has 2 aliphatic rings. The van der Waals surface area contributed by atoms with Gasteiger partial charge in [-0.3, -0.25) is 9.69 Å². The van der Waals surface area contributed by atoms with Crippen LogP contribution >= 0.6 is 11.3 Å². The van der Waals surface area contributed by atoms with Crippen LogP contribution in [-0.2, 0) is 6.54 Å². The van der Waals surface area contributed by atoms with Gasteiger partial charge in [0.15, 0.2) is 0 Å². The summed E-state index contributed by atoms with van der Waals surface area (Å²) in [6.45, 7) is 4.06. The molecule has 1 saturated carbocycles. The predicted octanol–water partition coefficient (Wildman–Crippen LogP) is 3.00. The van der Waals surface area contributed by atoms with Gasteiger partial charge < -0.3 is 14.4 Å². The normalized spacial score (nSPS) is 17.8. The molecule has 1 saturated heterocycles. The first-order chi connectivity index (χ1) is 13.2. The van der Waals surface area contributed by atoms with E-state index in [0.29, 0.717) is 23.0 Å². The number of ether oxygens (including phenoxy) is 2. The Morgan fingerprint density at radius 1 is 1.11 bits per heavy atom. The van der Waals surface area contributed by atoms with Gasteiger partial charge in [0, 0.05) is 49.1 Å². The number of rotatable bonds is 6. The molecule has 7 heteroatoms. The minimum Gasteiger partial charge on any atom is -0.497 e. The van der Waals surface area contributed by atoms with E-state index in [1.165, 1.54) is 23.5 Å². The first kappa shape index (κ1) is 18.3. The van der Waals surface area contributed by atoms with E-state index < -0.39 is 0 Å². The average Bonchev–Trinajstić information content (AvgIpc) is 3.47. The summed E-state index contributed by atoms with van der Waals surface area (Å²) in [6.07, 6.45) is 2.58. The summed E-state index contributed by atoms with van der Waals surface area (Å²) >= 11 is 1.76. The molecule has 1 aliphatic heterocycles. The van der Waals surface area contributed by atoms with E-state index in [0.717, 1.165) is 32.7 Å². The predicted molar refractivity (Wildman–Crippen MR) is 105 cm³/mol. The lowest BCUT2D eigenvalue weighted by Gasteiger charge is -2.34. The van der Waals surface area contributed by atoms with E-state index in [9.17, 15) is 4.79 Å². The Hall–Kier alpha value is -2.12. The largest absolute Gasteiger partial charge is 0.497 e. The van der Waals surface area contributed by atoms with Crippen LogP contribution in [0.4, 0.5) is 0 Å². The van der Waals surface area contributed by atoms with Crippen molar-refractivity contribution in [1.29, 1.82) is 0 Å². The van der Waals surface area contributed by atoms with Crippen LogP contribution in [0.2, 0.25) is 0 Å². The monoisotopic (exact) mass is 387 g/mol. The lowest BCUT2D eigenvalue weighted by Crippen LogP contribution is -2.48. The van der Waals surface area contributed by atoms with E-state index in [-0.39, 0.29) is 5.91 Å². The van der Waals surface area contributed by atoms with Gasteiger partial charge in [0.1, 0.15) is 16.5 Å². The number of hydrogen-bond donors (Lipinski definition) is 0. The van der Waals surface area contributed by atoms with Crippen molar-refractivity contribution in [3.63, 3.8) is 0 Å². The van der Waals surface area contributed by atoms with Gasteiger partial charge in [0.2, 0.25) is 0 Å². The second kappa shape index (κ2) is 7.86. The highest BCUT2D eigenvalue weighted by Gasteiger charge is 2.27. The molecule has 1 aromatic carbocycles. The van der Waals surface area contributed by atoms with Gasteiger partial charge in [-0.15, -0.1) is 11.3 Å². The Kier molecular flexibility index (Phi) is 5.31. The van der Waals surface area contributed by atoms with E-state index >= 15 is 0 Å². The number of aromatic nitrogens is 1. The number of hydrogen-bond acceptors (Lipinski definition) is 6. The van der Waals surface area contributed by atoms with E-state index in [1.807, 2.05) is 4.90 Å². The van der Waals surface area contributed by atoms with Crippen LogP contribution in [0, 0.1) is 0 Å². The van der Waals surface area contributed by atoms with Crippen LogP contribution in [0.25, 0.3) is 0 Å². The minimum atomic E-state index is 0.0251. The summed E-state index contributed by atoms with van der Waals surface area (Å²) in [5.74, 6) is 2.00. The highest BCUT2D eigenvalue weighted by Crippen LogP contribution is 2.40. The van der Waals surface area contributed by atoms with Crippen molar-refractivity contribution in [1.82, 2.24) is 14.8 Å². The number of piperazine rings is 1. The molecule has 0 radical (unpaired) electrons. The molecule has 2 fully saturated rings. The lowest BCUT2D eigenvalue weighted by atomic mass is 10.1. The third-order valence-corrected chi connectivity index (χ3v) is 6.03. The molecule has 0 atom stereocenters. The van der Waals surface area contributed by atoms with Gasteiger partial charge in [-0.2, -0.15) is 0 Å². The number of benzene rings is 1. The highest BCUT2D eigenvalue weighted by atomic mass is 32.1. The molecule has 27 heavy (non-hydrogen) atoms. The van der Waals surface area contributed by atoms with Crippen molar-refractivity contribution in [2.45, 2.75) is 25.3 Å². The number of thiazole rings is 1. The van der Waals surface area contributed by atoms with E-state index in [1.54, 1.807) is 43.8 Å². The maximum Gasteiger partial charge on any atom is 0.254 e. The third-order valence-electron chi connectivity index (χ3n) is 5.18. The van der Waals surface area contributed by atoms with Crippen molar-refractivity contribution in [3.05, 3.63) is 39.8 Å². The van der Waals surface area contributed by atoms with Crippen molar-refractivity contribution >= 4 is 17.2 Å². The molecule has 1 amide bonds.